The van der Waals surface area contributed by atoms with Crippen LogP contribution in [0.3, 0.4) is 0 Å². The third-order valence-electron chi connectivity index (χ3n) is 3.25. The molecule has 0 saturated heterocycles. The van der Waals surface area contributed by atoms with Crippen molar-refractivity contribution in [2.45, 2.75) is 27.3 Å². The van der Waals surface area contributed by atoms with E-state index < -0.39 is 0 Å². The lowest BCUT2D eigenvalue weighted by Crippen LogP contribution is -2.09. The van der Waals surface area contributed by atoms with Gasteiger partial charge in [-0.2, -0.15) is 0 Å². The van der Waals surface area contributed by atoms with E-state index in [1.807, 2.05) is 20.8 Å². The smallest absolute Gasteiger partial charge is 0.151 e. The largest absolute Gasteiger partial charge is 0.382 e. The Hall–Kier alpha value is -1.95. The van der Waals surface area contributed by atoms with Crippen molar-refractivity contribution in [2.24, 2.45) is 0 Å². The van der Waals surface area contributed by atoms with Crippen LogP contribution in [0, 0.1) is 26.2 Å². The molecular formula is C13H19N5O. The number of hydrogen-bond donors (Lipinski definition) is 2. The molecule has 102 valence electrons. The number of nitrogens with zero attached hydrogens (tertiary/aromatic N) is 3. The molecule has 19 heavy (non-hydrogen) atoms. The van der Waals surface area contributed by atoms with Crippen molar-refractivity contribution >= 4 is 23.1 Å². The first-order valence-corrected chi connectivity index (χ1v) is 6.22. The minimum absolute atomic E-state index is 0.341. The standard InChI is InChI=1S/C13H19N5O/c1-8-9(2)16-13(15)11-12(8)18(10(3)17-11)5-7-19-6-4-14/h4,14H,5-7H2,1-3H3,(H2,15,16). The van der Waals surface area contributed by atoms with Crippen molar-refractivity contribution in [1.82, 2.24) is 14.5 Å². The Morgan fingerprint density at radius 1 is 1.32 bits per heavy atom. The fourth-order valence-corrected chi connectivity index (χ4v) is 2.18. The van der Waals surface area contributed by atoms with Gasteiger partial charge in [-0.15, -0.1) is 0 Å². The molecule has 3 N–H and O–H groups in total. The molecule has 0 aromatic carbocycles. The Balaban J connectivity index is 2.42. The second kappa shape index (κ2) is 5.36. The van der Waals surface area contributed by atoms with Gasteiger partial charge in [-0.25, -0.2) is 9.97 Å². The Morgan fingerprint density at radius 3 is 2.74 bits per heavy atom. The maximum atomic E-state index is 6.93. The molecule has 0 aliphatic heterocycles. The first kappa shape index (κ1) is 13.5. The van der Waals surface area contributed by atoms with Gasteiger partial charge < -0.3 is 20.4 Å². The monoisotopic (exact) mass is 261 g/mol. The first-order chi connectivity index (χ1) is 9.06. The number of nitrogens with two attached hydrogens (primary N) is 1. The van der Waals surface area contributed by atoms with Crippen molar-refractivity contribution in [3.63, 3.8) is 0 Å². The van der Waals surface area contributed by atoms with E-state index >= 15 is 0 Å². The summed E-state index contributed by atoms with van der Waals surface area (Å²) in [5, 5.41) is 6.93. The van der Waals surface area contributed by atoms with Gasteiger partial charge in [-0.05, 0) is 26.3 Å². The van der Waals surface area contributed by atoms with E-state index in [2.05, 4.69) is 14.5 Å². The molecule has 0 aliphatic carbocycles. The summed E-state index contributed by atoms with van der Waals surface area (Å²) < 4.78 is 7.42. The number of hydrogen-bond acceptors (Lipinski definition) is 5. The van der Waals surface area contributed by atoms with E-state index in [1.165, 1.54) is 6.21 Å². The van der Waals surface area contributed by atoms with Crippen LogP contribution in [0.25, 0.3) is 11.0 Å². The van der Waals surface area contributed by atoms with Crippen molar-refractivity contribution in [3.05, 3.63) is 17.1 Å². The van der Waals surface area contributed by atoms with Gasteiger partial charge in [0.1, 0.15) is 11.3 Å². The molecule has 6 nitrogen and oxygen atoms in total. The van der Waals surface area contributed by atoms with Crippen LogP contribution in [0.15, 0.2) is 0 Å². The van der Waals surface area contributed by atoms with Crippen LogP contribution in [-0.4, -0.2) is 34.0 Å². The molecule has 0 bridgehead atoms. The number of aryl methyl sites for hydroxylation is 3. The van der Waals surface area contributed by atoms with Gasteiger partial charge in [0, 0.05) is 18.5 Å². The molecule has 2 aromatic heterocycles. The number of nitrogen functional groups attached to an aromatic ring is 1. The van der Waals surface area contributed by atoms with Crippen LogP contribution in [0.1, 0.15) is 17.1 Å². The highest BCUT2D eigenvalue weighted by Gasteiger charge is 2.15. The van der Waals surface area contributed by atoms with Gasteiger partial charge in [0.15, 0.2) is 5.82 Å². The molecular weight excluding hydrogens is 242 g/mol. The number of nitrogens with one attached hydrogen (secondary N) is 1. The maximum absolute atomic E-state index is 6.93. The van der Waals surface area contributed by atoms with E-state index in [0.717, 1.165) is 28.1 Å². The van der Waals surface area contributed by atoms with Crippen LogP contribution < -0.4 is 5.73 Å². The third kappa shape index (κ3) is 2.44. The molecule has 0 atom stereocenters. The number of rotatable bonds is 5. The highest BCUT2D eigenvalue weighted by Crippen LogP contribution is 2.25. The van der Waals surface area contributed by atoms with E-state index in [1.54, 1.807) is 0 Å². The molecule has 0 spiro atoms. The summed E-state index contributed by atoms with van der Waals surface area (Å²) >= 11 is 0. The Bertz CT molecular complexity index is 617. The lowest BCUT2D eigenvalue weighted by atomic mass is 10.2. The van der Waals surface area contributed by atoms with Gasteiger partial charge in [-0.3, -0.25) is 0 Å². The zero-order valence-corrected chi connectivity index (χ0v) is 11.5. The second-order valence-corrected chi connectivity index (χ2v) is 4.49. The predicted molar refractivity (Wildman–Crippen MR) is 75.8 cm³/mol. The van der Waals surface area contributed by atoms with Crippen LogP contribution in [0.2, 0.25) is 0 Å². The molecule has 2 rings (SSSR count). The van der Waals surface area contributed by atoms with Crippen molar-refractivity contribution < 1.29 is 4.74 Å². The predicted octanol–water partition coefficient (Wildman–Crippen LogP) is 1.60. The fourth-order valence-electron chi connectivity index (χ4n) is 2.18. The van der Waals surface area contributed by atoms with Gasteiger partial charge in [0.05, 0.1) is 18.7 Å². The summed E-state index contributed by atoms with van der Waals surface area (Å²) in [7, 11) is 0. The summed E-state index contributed by atoms with van der Waals surface area (Å²) in [5.74, 6) is 1.37. The van der Waals surface area contributed by atoms with Crippen molar-refractivity contribution in [3.8, 4) is 0 Å². The fraction of sp³-hybridized carbons (Fsp3) is 0.462. The van der Waals surface area contributed by atoms with Gasteiger partial charge in [0.25, 0.3) is 0 Å². The number of anilines is 1. The van der Waals surface area contributed by atoms with Crippen LogP contribution in [0.5, 0.6) is 0 Å². The van der Waals surface area contributed by atoms with Gasteiger partial charge in [-0.1, -0.05) is 0 Å². The third-order valence-corrected chi connectivity index (χ3v) is 3.25. The van der Waals surface area contributed by atoms with Gasteiger partial charge >= 0.3 is 0 Å². The number of aromatic nitrogens is 3. The topological polar surface area (TPSA) is 89.8 Å². The summed E-state index contributed by atoms with van der Waals surface area (Å²) in [4.78, 5) is 8.79. The number of imidazole rings is 1. The zero-order valence-electron chi connectivity index (χ0n) is 11.5. The highest BCUT2D eigenvalue weighted by atomic mass is 16.5. The Morgan fingerprint density at radius 2 is 2.05 bits per heavy atom. The zero-order chi connectivity index (χ0) is 14.0. The SMILES string of the molecule is Cc1nc(N)c2nc(C)n(CCOCC=N)c2c1C. The normalized spacial score (nSPS) is 11.1. The molecule has 0 aliphatic rings. The Labute approximate surface area is 112 Å². The average Bonchev–Trinajstić information content (AvgIpc) is 2.70. The van der Waals surface area contributed by atoms with Crippen LogP contribution in [0.4, 0.5) is 5.82 Å². The number of ether oxygens (including phenoxy) is 1. The molecule has 6 heteroatoms. The Kier molecular flexibility index (Phi) is 3.80. The van der Waals surface area contributed by atoms with Crippen molar-refractivity contribution in [1.29, 1.82) is 5.41 Å². The van der Waals surface area contributed by atoms with E-state index in [9.17, 15) is 0 Å². The summed E-state index contributed by atoms with van der Waals surface area (Å²) in [6.45, 7) is 7.50. The molecule has 0 radical (unpaired) electrons. The highest BCUT2D eigenvalue weighted by molar-refractivity contribution is 5.88. The summed E-state index contributed by atoms with van der Waals surface area (Å²) in [5.41, 5.74) is 9.74. The molecule has 0 unspecified atom stereocenters. The van der Waals surface area contributed by atoms with E-state index in [4.69, 9.17) is 15.9 Å². The molecule has 2 aromatic rings. The van der Waals surface area contributed by atoms with Crippen LogP contribution in [-0.2, 0) is 11.3 Å². The molecule has 0 fully saturated rings. The van der Waals surface area contributed by atoms with Crippen molar-refractivity contribution in [2.75, 3.05) is 18.9 Å². The first-order valence-electron chi connectivity index (χ1n) is 6.22. The van der Waals surface area contributed by atoms with Crippen LogP contribution >= 0.6 is 0 Å². The second-order valence-electron chi connectivity index (χ2n) is 4.49. The quantitative estimate of drug-likeness (QED) is 0.632. The number of fused-ring (bicyclic) bond motifs is 1. The van der Waals surface area contributed by atoms with E-state index in [-0.39, 0.29) is 0 Å². The maximum Gasteiger partial charge on any atom is 0.151 e. The molecule has 2 heterocycles. The van der Waals surface area contributed by atoms with Gasteiger partial charge in [0.2, 0.25) is 0 Å². The lowest BCUT2D eigenvalue weighted by molar-refractivity contribution is 0.164. The minimum Gasteiger partial charge on any atom is -0.382 e. The summed E-state index contributed by atoms with van der Waals surface area (Å²) in [6, 6.07) is 0. The van der Waals surface area contributed by atoms with E-state index in [0.29, 0.717) is 25.6 Å². The molecule has 0 saturated carbocycles. The summed E-state index contributed by atoms with van der Waals surface area (Å²) in [6.07, 6.45) is 1.25. The minimum atomic E-state index is 0.341. The lowest BCUT2D eigenvalue weighted by Gasteiger charge is -2.10. The molecule has 0 amide bonds. The number of pyridine rings is 1. The average molecular weight is 261 g/mol.